The normalized spacial score (nSPS) is 19.8. The highest BCUT2D eigenvalue weighted by atomic mass is 32.2. The summed E-state index contributed by atoms with van der Waals surface area (Å²) in [5.41, 5.74) is 2.78. The molecule has 1 aliphatic heterocycles. The number of anilines is 1. The first-order valence-corrected chi connectivity index (χ1v) is 8.29. The van der Waals surface area contributed by atoms with Gasteiger partial charge in [0.1, 0.15) is 4.90 Å². The van der Waals surface area contributed by atoms with Crippen LogP contribution in [0, 0.1) is 0 Å². The highest BCUT2D eigenvalue weighted by Crippen LogP contribution is 2.20. The summed E-state index contributed by atoms with van der Waals surface area (Å²) in [6, 6.07) is 6.54. The lowest BCUT2D eigenvalue weighted by molar-refractivity contribution is 0.0123. The van der Waals surface area contributed by atoms with E-state index in [4.69, 9.17) is 10.6 Å². The first-order valence-electron chi connectivity index (χ1n) is 6.80. The van der Waals surface area contributed by atoms with Gasteiger partial charge in [0.15, 0.2) is 0 Å². The standard InChI is InChI=1S/C13H21N3O3S/c14-16-12-6-1-2-7-13(12)20(17,18)15-9-8-11-5-3-4-10-19-11/h1-2,6-7,11,15-16H,3-5,8-10,14H2. The van der Waals surface area contributed by atoms with Crippen molar-refractivity contribution in [2.45, 2.75) is 36.7 Å². The Morgan fingerprint density at radius 2 is 2.10 bits per heavy atom. The first-order chi connectivity index (χ1) is 9.63. The Kier molecular flexibility index (Phi) is 5.36. The smallest absolute Gasteiger partial charge is 0.242 e. The van der Waals surface area contributed by atoms with Crippen molar-refractivity contribution in [1.82, 2.24) is 4.72 Å². The molecule has 20 heavy (non-hydrogen) atoms. The Morgan fingerprint density at radius 3 is 2.80 bits per heavy atom. The van der Waals surface area contributed by atoms with Crippen LogP contribution < -0.4 is 16.0 Å². The largest absolute Gasteiger partial charge is 0.378 e. The van der Waals surface area contributed by atoms with E-state index in [1.54, 1.807) is 18.2 Å². The number of benzene rings is 1. The van der Waals surface area contributed by atoms with Gasteiger partial charge in [0.05, 0.1) is 11.8 Å². The van der Waals surface area contributed by atoms with Gasteiger partial charge in [-0.2, -0.15) is 0 Å². The summed E-state index contributed by atoms with van der Waals surface area (Å²) in [5, 5.41) is 0. The minimum absolute atomic E-state index is 0.159. The van der Waals surface area contributed by atoms with Gasteiger partial charge in [-0.25, -0.2) is 13.1 Å². The topological polar surface area (TPSA) is 93.5 Å². The summed E-state index contributed by atoms with van der Waals surface area (Å²) in [5.74, 6) is 5.33. The molecule has 6 nitrogen and oxygen atoms in total. The highest BCUT2D eigenvalue weighted by molar-refractivity contribution is 7.89. The van der Waals surface area contributed by atoms with Crippen molar-refractivity contribution in [3.8, 4) is 0 Å². The third kappa shape index (κ3) is 3.92. The van der Waals surface area contributed by atoms with Gasteiger partial charge < -0.3 is 10.2 Å². The first kappa shape index (κ1) is 15.2. The zero-order valence-electron chi connectivity index (χ0n) is 11.3. The van der Waals surface area contributed by atoms with Crippen molar-refractivity contribution >= 4 is 15.7 Å². The molecule has 2 rings (SSSR count). The number of nitrogens with two attached hydrogens (primary N) is 1. The molecule has 0 saturated carbocycles. The Bertz CT molecular complexity index is 527. The molecular weight excluding hydrogens is 278 g/mol. The fourth-order valence-corrected chi connectivity index (χ4v) is 3.50. The number of rotatable bonds is 6. The van der Waals surface area contributed by atoms with Crippen LogP contribution >= 0.6 is 0 Å². The molecule has 1 aromatic carbocycles. The predicted octanol–water partition coefficient (Wildman–Crippen LogP) is 1.21. The van der Waals surface area contributed by atoms with Crippen LogP contribution in [0.1, 0.15) is 25.7 Å². The van der Waals surface area contributed by atoms with E-state index in [-0.39, 0.29) is 11.0 Å². The number of para-hydroxylation sites is 1. The molecule has 0 spiro atoms. The average Bonchev–Trinajstić information content (AvgIpc) is 2.48. The molecule has 4 N–H and O–H groups in total. The van der Waals surface area contributed by atoms with Crippen LogP contribution in [0.5, 0.6) is 0 Å². The van der Waals surface area contributed by atoms with Crippen LogP contribution in [-0.2, 0) is 14.8 Å². The Labute approximate surface area is 119 Å². The summed E-state index contributed by atoms with van der Waals surface area (Å²) < 4.78 is 32.6. The van der Waals surface area contributed by atoms with Crippen LogP contribution in [0.15, 0.2) is 29.2 Å². The summed E-state index contributed by atoms with van der Waals surface area (Å²) in [7, 11) is -3.55. The molecule has 0 bridgehead atoms. The summed E-state index contributed by atoms with van der Waals surface area (Å²) >= 11 is 0. The minimum atomic E-state index is -3.55. The molecule has 1 fully saturated rings. The maximum atomic E-state index is 12.2. The van der Waals surface area contributed by atoms with Crippen molar-refractivity contribution in [3.63, 3.8) is 0 Å². The van der Waals surface area contributed by atoms with E-state index in [2.05, 4.69) is 10.1 Å². The predicted molar refractivity (Wildman–Crippen MR) is 77.6 cm³/mol. The van der Waals surface area contributed by atoms with Crippen LogP contribution in [0.2, 0.25) is 0 Å². The molecule has 7 heteroatoms. The monoisotopic (exact) mass is 299 g/mol. The summed E-state index contributed by atoms with van der Waals surface area (Å²) in [4.78, 5) is 0.159. The quantitative estimate of drug-likeness (QED) is 0.542. The van der Waals surface area contributed by atoms with Gasteiger partial charge in [-0.15, -0.1) is 0 Å². The molecule has 1 aromatic rings. The van der Waals surface area contributed by atoms with Crippen LogP contribution in [0.25, 0.3) is 0 Å². The van der Waals surface area contributed by atoms with Crippen molar-refractivity contribution in [1.29, 1.82) is 0 Å². The van der Waals surface area contributed by atoms with E-state index < -0.39 is 10.0 Å². The second kappa shape index (κ2) is 7.03. The van der Waals surface area contributed by atoms with Gasteiger partial charge in [-0.3, -0.25) is 5.84 Å². The number of ether oxygens (including phenoxy) is 1. The molecule has 0 aliphatic carbocycles. The average molecular weight is 299 g/mol. The molecule has 0 radical (unpaired) electrons. The molecule has 1 aliphatic rings. The lowest BCUT2D eigenvalue weighted by atomic mass is 10.1. The van der Waals surface area contributed by atoms with Crippen molar-refractivity contribution in [3.05, 3.63) is 24.3 Å². The van der Waals surface area contributed by atoms with Gasteiger partial charge in [0, 0.05) is 13.2 Å². The molecule has 1 unspecified atom stereocenters. The number of nitrogens with one attached hydrogen (secondary N) is 2. The van der Waals surface area contributed by atoms with Gasteiger partial charge in [0.25, 0.3) is 0 Å². The van der Waals surface area contributed by atoms with Crippen molar-refractivity contribution in [2.24, 2.45) is 5.84 Å². The van der Waals surface area contributed by atoms with Crippen molar-refractivity contribution < 1.29 is 13.2 Å². The SMILES string of the molecule is NNc1ccccc1S(=O)(=O)NCCC1CCCCO1. The second-order valence-corrected chi connectivity index (χ2v) is 6.55. The van der Waals surface area contributed by atoms with Crippen LogP contribution in [0.4, 0.5) is 5.69 Å². The van der Waals surface area contributed by atoms with E-state index >= 15 is 0 Å². The lowest BCUT2D eigenvalue weighted by Gasteiger charge is -2.22. The molecule has 1 saturated heterocycles. The third-order valence-corrected chi connectivity index (χ3v) is 4.88. The fraction of sp³-hybridized carbons (Fsp3) is 0.538. The fourth-order valence-electron chi connectivity index (χ4n) is 2.29. The Hall–Kier alpha value is -1.15. The van der Waals surface area contributed by atoms with E-state index in [1.165, 1.54) is 6.07 Å². The number of hydrogen-bond acceptors (Lipinski definition) is 5. The molecule has 0 amide bonds. The Morgan fingerprint density at radius 1 is 1.30 bits per heavy atom. The minimum Gasteiger partial charge on any atom is -0.378 e. The third-order valence-electron chi connectivity index (χ3n) is 3.36. The lowest BCUT2D eigenvalue weighted by Crippen LogP contribution is -2.30. The van der Waals surface area contributed by atoms with Crippen LogP contribution in [0.3, 0.4) is 0 Å². The second-order valence-electron chi connectivity index (χ2n) is 4.82. The summed E-state index contributed by atoms with van der Waals surface area (Å²) in [6.45, 7) is 1.14. The van der Waals surface area contributed by atoms with Gasteiger partial charge >= 0.3 is 0 Å². The Balaban J connectivity index is 1.93. The zero-order chi connectivity index (χ0) is 14.4. The number of sulfonamides is 1. The number of hydrogen-bond donors (Lipinski definition) is 3. The van der Waals surface area contributed by atoms with Crippen molar-refractivity contribution in [2.75, 3.05) is 18.6 Å². The van der Waals surface area contributed by atoms with E-state index in [0.29, 0.717) is 18.7 Å². The number of nitrogen functional groups attached to an aromatic ring is 1. The van der Waals surface area contributed by atoms with E-state index in [1.807, 2.05) is 0 Å². The van der Waals surface area contributed by atoms with E-state index in [9.17, 15) is 8.42 Å². The van der Waals surface area contributed by atoms with Gasteiger partial charge in [-0.1, -0.05) is 12.1 Å². The van der Waals surface area contributed by atoms with Gasteiger partial charge in [0.2, 0.25) is 10.0 Å². The highest BCUT2D eigenvalue weighted by Gasteiger charge is 2.19. The summed E-state index contributed by atoms with van der Waals surface area (Å²) in [6.07, 6.45) is 4.10. The van der Waals surface area contributed by atoms with Gasteiger partial charge in [-0.05, 0) is 37.8 Å². The molecular formula is C13H21N3O3S. The maximum Gasteiger partial charge on any atom is 0.242 e. The zero-order valence-corrected chi connectivity index (χ0v) is 12.2. The van der Waals surface area contributed by atoms with E-state index in [0.717, 1.165) is 25.9 Å². The molecule has 0 aromatic heterocycles. The molecule has 1 atom stereocenters. The molecule has 112 valence electrons. The molecule has 1 heterocycles. The van der Waals surface area contributed by atoms with Crippen LogP contribution in [-0.4, -0.2) is 27.7 Å². The number of hydrazine groups is 1. The maximum absolute atomic E-state index is 12.2.